The van der Waals surface area contributed by atoms with Crippen LogP contribution < -0.4 is 4.85 Å². The molecule has 1 heterocycles. The van der Waals surface area contributed by atoms with E-state index in [1.165, 1.54) is 18.3 Å². The molecule has 0 radical (unpaired) electrons. The zero-order valence-electron chi connectivity index (χ0n) is 9.40. The molecule has 2 aromatic rings. The van der Waals surface area contributed by atoms with Gasteiger partial charge >= 0.3 is 6.18 Å². The van der Waals surface area contributed by atoms with Gasteiger partial charge in [0, 0.05) is 16.2 Å². The average molecular weight is 254 g/mol. The molecule has 0 fully saturated rings. The second kappa shape index (κ2) is 4.29. The molecule has 0 aliphatic heterocycles. The van der Waals surface area contributed by atoms with Crippen LogP contribution in [0, 0.1) is 12.1 Å². The standard InChI is InChI=1S/C12H9F3N2O/c1-8-5-11(16-17(18)7-8)9-3-2-4-10(6-9)12(13,14)15/h2-7H,1H3. The minimum atomic E-state index is -4.41. The van der Waals surface area contributed by atoms with Gasteiger partial charge in [-0.3, -0.25) is 0 Å². The Bertz CT molecular complexity index is 562. The number of aryl methyl sites for hydroxylation is 1. The molecule has 1 aromatic heterocycles. The normalized spacial score (nSPS) is 11.6. The molecule has 0 aliphatic carbocycles. The van der Waals surface area contributed by atoms with Crippen molar-refractivity contribution >= 4 is 0 Å². The maximum Gasteiger partial charge on any atom is 0.416 e. The van der Waals surface area contributed by atoms with Gasteiger partial charge < -0.3 is 5.21 Å². The summed E-state index contributed by atoms with van der Waals surface area (Å²) in [6.45, 7) is 1.67. The molecule has 0 N–H and O–H groups in total. The number of nitrogens with zero attached hydrogens (tertiary/aromatic N) is 2. The van der Waals surface area contributed by atoms with Crippen LogP contribution in [-0.2, 0) is 6.18 Å². The second-order valence-corrected chi connectivity index (χ2v) is 3.88. The zero-order valence-corrected chi connectivity index (χ0v) is 9.40. The fourth-order valence-corrected chi connectivity index (χ4v) is 1.59. The van der Waals surface area contributed by atoms with Gasteiger partial charge in [-0.1, -0.05) is 17.0 Å². The van der Waals surface area contributed by atoms with E-state index in [2.05, 4.69) is 5.10 Å². The predicted octanol–water partition coefficient (Wildman–Crippen LogP) is 2.71. The quantitative estimate of drug-likeness (QED) is 0.580. The van der Waals surface area contributed by atoms with E-state index in [1.807, 2.05) is 0 Å². The minimum Gasteiger partial charge on any atom is -0.594 e. The molecule has 6 heteroatoms. The molecule has 18 heavy (non-hydrogen) atoms. The van der Waals surface area contributed by atoms with Crippen LogP contribution in [0.4, 0.5) is 13.2 Å². The first kappa shape index (κ1) is 12.3. The Morgan fingerprint density at radius 3 is 2.56 bits per heavy atom. The van der Waals surface area contributed by atoms with Crippen LogP contribution in [0.1, 0.15) is 11.1 Å². The summed E-state index contributed by atoms with van der Waals surface area (Å²) >= 11 is 0. The maximum absolute atomic E-state index is 12.6. The Morgan fingerprint density at radius 2 is 1.94 bits per heavy atom. The van der Waals surface area contributed by atoms with E-state index in [9.17, 15) is 18.4 Å². The summed E-state index contributed by atoms with van der Waals surface area (Å²) in [4.78, 5) is 0.338. The third-order valence-corrected chi connectivity index (χ3v) is 2.37. The number of benzene rings is 1. The Labute approximate surface area is 101 Å². The molecule has 0 aliphatic rings. The maximum atomic E-state index is 12.6. The summed E-state index contributed by atoms with van der Waals surface area (Å²) in [6.07, 6.45) is -3.16. The van der Waals surface area contributed by atoms with Gasteiger partial charge in [0.15, 0.2) is 0 Å². The van der Waals surface area contributed by atoms with Crippen molar-refractivity contribution in [3.8, 4) is 11.3 Å². The molecule has 0 atom stereocenters. The van der Waals surface area contributed by atoms with Crippen molar-refractivity contribution in [1.29, 1.82) is 0 Å². The highest BCUT2D eigenvalue weighted by Crippen LogP contribution is 2.31. The van der Waals surface area contributed by atoms with Crippen LogP contribution >= 0.6 is 0 Å². The first-order chi connectivity index (χ1) is 8.36. The van der Waals surface area contributed by atoms with Crippen molar-refractivity contribution in [3.63, 3.8) is 0 Å². The fraction of sp³-hybridized carbons (Fsp3) is 0.167. The molecule has 1 aromatic carbocycles. The van der Waals surface area contributed by atoms with Crippen LogP contribution in [0.3, 0.4) is 0 Å². The van der Waals surface area contributed by atoms with E-state index in [0.29, 0.717) is 10.4 Å². The lowest BCUT2D eigenvalue weighted by Crippen LogP contribution is -2.31. The van der Waals surface area contributed by atoms with Gasteiger partial charge in [-0.15, -0.1) is 0 Å². The third kappa shape index (κ3) is 2.58. The smallest absolute Gasteiger partial charge is 0.416 e. The molecule has 3 nitrogen and oxygen atoms in total. The molecule has 0 spiro atoms. The van der Waals surface area contributed by atoms with E-state index in [1.54, 1.807) is 13.0 Å². The zero-order chi connectivity index (χ0) is 13.3. The number of halogens is 3. The fourth-order valence-electron chi connectivity index (χ4n) is 1.59. The summed E-state index contributed by atoms with van der Waals surface area (Å²) in [6, 6.07) is 6.28. The number of rotatable bonds is 1. The second-order valence-electron chi connectivity index (χ2n) is 3.88. The van der Waals surface area contributed by atoms with Crippen LogP contribution in [0.2, 0.25) is 0 Å². The first-order valence-corrected chi connectivity index (χ1v) is 5.12. The van der Waals surface area contributed by atoms with E-state index >= 15 is 0 Å². The molecular weight excluding hydrogens is 245 g/mol. The summed E-state index contributed by atoms with van der Waals surface area (Å²) in [5.41, 5.74) is 0.349. The summed E-state index contributed by atoms with van der Waals surface area (Å²) in [5, 5.41) is 14.8. The van der Waals surface area contributed by atoms with Crippen molar-refractivity contribution in [2.45, 2.75) is 13.1 Å². The highest BCUT2D eigenvalue weighted by atomic mass is 19.4. The van der Waals surface area contributed by atoms with Crippen LogP contribution in [0.5, 0.6) is 0 Å². The van der Waals surface area contributed by atoms with Crippen molar-refractivity contribution in [2.24, 2.45) is 0 Å². The highest BCUT2D eigenvalue weighted by molar-refractivity contribution is 5.59. The van der Waals surface area contributed by atoms with E-state index < -0.39 is 11.7 Å². The predicted molar refractivity (Wildman–Crippen MR) is 58.4 cm³/mol. The lowest BCUT2D eigenvalue weighted by molar-refractivity contribution is -0.668. The van der Waals surface area contributed by atoms with Gasteiger partial charge in [0.05, 0.1) is 5.56 Å². The first-order valence-electron chi connectivity index (χ1n) is 5.12. The van der Waals surface area contributed by atoms with Crippen LogP contribution in [0.15, 0.2) is 36.5 Å². The minimum absolute atomic E-state index is 0.219. The van der Waals surface area contributed by atoms with Crippen molar-refractivity contribution in [3.05, 3.63) is 52.9 Å². The molecule has 94 valence electrons. The Kier molecular flexibility index (Phi) is 2.94. The lowest BCUT2D eigenvalue weighted by Gasteiger charge is -2.08. The number of hydrogen-bond donors (Lipinski definition) is 0. The highest BCUT2D eigenvalue weighted by Gasteiger charge is 2.30. The summed E-state index contributed by atoms with van der Waals surface area (Å²) in [7, 11) is 0. The van der Waals surface area contributed by atoms with Gasteiger partial charge in [0.1, 0.15) is 5.69 Å². The van der Waals surface area contributed by atoms with Gasteiger partial charge in [-0.05, 0) is 25.1 Å². The molecule has 0 saturated heterocycles. The Balaban J connectivity index is 2.51. The van der Waals surface area contributed by atoms with Crippen molar-refractivity contribution in [1.82, 2.24) is 5.10 Å². The van der Waals surface area contributed by atoms with E-state index in [-0.39, 0.29) is 11.3 Å². The average Bonchev–Trinajstić information content (AvgIpc) is 2.27. The topological polar surface area (TPSA) is 39.8 Å². The SMILES string of the molecule is Cc1cc(-c2cccc(C(F)(F)F)c2)n[n+]([O-])c1. The van der Waals surface area contributed by atoms with Crippen molar-refractivity contribution in [2.75, 3.05) is 0 Å². The number of hydrogen-bond acceptors (Lipinski definition) is 2. The summed E-state index contributed by atoms with van der Waals surface area (Å²) in [5.74, 6) is 0. The van der Waals surface area contributed by atoms with Crippen molar-refractivity contribution < 1.29 is 18.0 Å². The Morgan fingerprint density at radius 1 is 1.22 bits per heavy atom. The monoisotopic (exact) mass is 254 g/mol. The van der Waals surface area contributed by atoms with Crippen LogP contribution in [0.25, 0.3) is 11.3 Å². The molecular formula is C12H9F3N2O. The molecule has 0 saturated carbocycles. The Hall–Kier alpha value is -2.11. The number of aromatic nitrogens is 2. The summed E-state index contributed by atoms with van der Waals surface area (Å²) < 4.78 is 37.7. The van der Waals surface area contributed by atoms with Crippen LogP contribution in [-0.4, -0.2) is 5.10 Å². The van der Waals surface area contributed by atoms with Gasteiger partial charge in [-0.2, -0.15) is 13.2 Å². The molecule has 0 unspecified atom stereocenters. The van der Waals surface area contributed by atoms with Gasteiger partial charge in [0.25, 0.3) is 0 Å². The lowest BCUT2D eigenvalue weighted by atomic mass is 10.1. The van der Waals surface area contributed by atoms with Gasteiger partial charge in [0.2, 0.25) is 6.20 Å². The van der Waals surface area contributed by atoms with Gasteiger partial charge in [-0.25, -0.2) is 0 Å². The molecule has 0 bridgehead atoms. The number of alkyl halides is 3. The van der Waals surface area contributed by atoms with E-state index in [4.69, 9.17) is 0 Å². The molecule has 2 rings (SSSR count). The third-order valence-electron chi connectivity index (χ3n) is 2.37. The largest absolute Gasteiger partial charge is 0.594 e. The van der Waals surface area contributed by atoms with E-state index in [0.717, 1.165) is 12.1 Å². The molecule has 0 amide bonds.